The molecule has 90 valence electrons. The third kappa shape index (κ3) is 2.25. The lowest BCUT2D eigenvalue weighted by Crippen LogP contribution is -2.09. The van der Waals surface area contributed by atoms with E-state index in [0.717, 1.165) is 27.7 Å². The first-order chi connectivity index (χ1) is 8.15. The van der Waals surface area contributed by atoms with Crippen LogP contribution >= 0.6 is 15.9 Å². The maximum atomic E-state index is 10.4. The zero-order valence-corrected chi connectivity index (χ0v) is 11.3. The number of rotatable bonds is 3. The van der Waals surface area contributed by atoms with Gasteiger partial charge in [-0.2, -0.15) is 5.10 Å². The van der Waals surface area contributed by atoms with Gasteiger partial charge < -0.3 is 5.11 Å². The van der Waals surface area contributed by atoms with E-state index in [2.05, 4.69) is 26.0 Å². The van der Waals surface area contributed by atoms with Crippen LogP contribution in [0.25, 0.3) is 0 Å². The van der Waals surface area contributed by atoms with Gasteiger partial charge in [-0.15, -0.1) is 0 Å². The van der Waals surface area contributed by atoms with Crippen LogP contribution in [-0.2, 0) is 13.5 Å². The molecule has 2 rings (SSSR count). The highest BCUT2D eigenvalue weighted by Crippen LogP contribution is 2.29. The summed E-state index contributed by atoms with van der Waals surface area (Å²) in [6.45, 7) is 2.05. The van der Waals surface area contributed by atoms with Crippen molar-refractivity contribution in [3.8, 4) is 0 Å². The van der Waals surface area contributed by atoms with Crippen molar-refractivity contribution in [1.82, 2.24) is 14.8 Å². The van der Waals surface area contributed by atoms with Gasteiger partial charge in [-0.25, -0.2) is 0 Å². The van der Waals surface area contributed by atoms with Crippen LogP contribution in [0.5, 0.6) is 0 Å². The number of aryl methyl sites for hydroxylation is 2. The standard InChI is InChI=1S/C12H14BrN3O/c1-3-8-6-14-5-4-9(8)12(17)11-10(13)7-15-16(11)2/h4-7,12,17H,3H2,1-2H3. The van der Waals surface area contributed by atoms with E-state index in [1.165, 1.54) is 0 Å². The fourth-order valence-electron chi connectivity index (χ4n) is 1.88. The number of halogens is 1. The van der Waals surface area contributed by atoms with Gasteiger partial charge >= 0.3 is 0 Å². The van der Waals surface area contributed by atoms with Crippen LogP contribution in [0.4, 0.5) is 0 Å². The van der Waals surface area contributed by atoms with Crippen molar-refractivity contribution in [3.05, 3.63) is 46.0 Å². The average Bonchev–Trinajstić information content (AvgIpc) is 2.68. The fraction of sp³-hybridized carbons (Fsp3) is 0.333. The molecule has 1 unspecified atom stereocenters. The molecule has 0 aliphatic carbocycles. The van der Waals surface area contributed by atoms with Crippen LogP contribution < -0.4 is 0 Å². The number of hydrogen-bond acceptors (Lipinski definition) is 3. The second-order valence-corrected chi connectivity index (χ2v) is 4.69. The van der Waals surface area contributed by atoms with Gasteiger partial charge in [0.05, 0.1) is 16.4 Å². The summed E-state index contributed by atoms with van der Waals surface area (Å²) in [4.78, 5) is 4.08. The molecule has 0 amide bonds. The van der Waals surface area contributed by atoms with Gasteiger partial charge in [-0.05, 0) is 39.5 Å². The van der Waals surface area contributed by atoms with Crippen molar-refractivity contribution in [2.75, 3.05) is 0 Å². The SMILES string of the molecule is CCc1cnccc1C(O)c1c(Br)cnn1C. The van der Waals surface area contributed by atoms with Gasteiger partial charge in [-0.3, -0.25) is 9.67 Å². The molecular formula is C12H14BrN3O. The zero-order valence-electron chi connectivity index (χ0n) is 9.76. The summed E-state index contributed by atoms with van der Waals surface area (Å²) >= 11 is 3.40. The van der Waals surface area contributed by atoms with E-state index in [1.807, 2.05) is 20.0 Å². The Balaban J connectivity index is 2.47. The molecule has 0 radical (unpaired) electrons. The number of aliphatic hydroxyl groups excluding tert-OH is 1. The van der Waals surface area contributed by atoms with Crippen LogP contribution in [0, 0.1) is 0 Å². The smallest absolute Gasteiger partial charge is 0.122 e. The average molecular weight is 296 g/mol. The highest BCUT2D eigenvalue weighted by atomic mass is 79.9. The third-order valence-electron chi connectivity index (χ3n) is 2.81. The molecule has 4 nitrogen and oxygen atoms in total. The summed E-state index contributed by atoms with van der Waals surface area (Å²) in [6, 6.07) is 1.85. The van der Waals surface area contributed by atoms with E-state index in [-0.39, 0.29) is 0 Å². The molecule has 0 saturated heterocycles. The summed E-state index contributed by atoms with van der Waals surface area (Å²) < 4.78 is 2.49. The largest absolute Gasteiger partial charge is 0.382 e. The minimum absolute atomic E-state index is 0.685. The van der Waals surface area contributed by atoms with Crippen LogP contribution in [0.1, 0.15) is 29.8 Å². The normalized spacial score (nSPS) is 12.7. The topological polar surface area (TPSA) is 50.9 Å². The number of aliphatic hydroxyl groups is 1. The lowest BCUT2D eigenvalue weighted by molar-refractivity contribution is 0.208. The number of hydrogen-bond donors (Lipinski definition) is 1. The Morgan fingerprint density at radius 1 is 1.47 bits per heavy atom. The van der Waals surface area contributed by atoms with Gasteiger partial charge in [0.25, 0.3) is 0 Å². The van der Waals surface area contributed by atoms with Gasteiger partial charge in [-0.1, -0.05) is 6.92 Å². The molecule has 2 aromatic heterocycles. The Kier molecular flexibility index (Phi) is 3.59. The molecule has 0 saturated carbocycles. The molecule has 0 fully saturated rings. The van der Waals surface area contributed by atoms with Crippen LogP contribution in [0.3, 0.4) is 0 Å². The van der Waals surface area contributed by atoms with Crippen LogP contribution in [0.15, 0.2) is 29.1 Å². The van der Waals surface area contributed by atoms with Crippen molar-refractivity contribution >= 4 is 15.9 Å². The Hall–Kier alpha value is -1.20. The molecule has 5 heteroatoms. The van der Waals surface area contributed by atoms with E-state index in [0.29, 0.717) is 0 Å². The highest BCUT2D eigenvalue weighted by molar-refractivity contribution is 9.10. The number of aromatic nitrogens is 3. The van der Waals surface area contributed by atoms with E-state index >= 15 is 0 Å². The van der Waals surface area contributed by atoms with Crippen molar-refractivity contribution in [2.24, 2.45) is 7.05 Å². The quantitative estimate of drug-likeness (QED) is 0.945. The molecule has 2 heterocycles. The maximum absolute atomic E-state index is 10.4. The van der Waals surface area contributed by atoms with Crippen molar-refractivity contribution < 1.29 is 5.11 Å². The van der Waals surface area contributed by atoms with Crippen molar-refractivity contribution in [1.29, 1.82) is 0 Å². The first kappa shape index (κ1) is 12.3. The molecular weight excluding hydrogens is 282 g/mol. The Labute approximate surface area is 108 Å². The molecule has 0 aliphatic heterocycles. The Morgan fingerprint density at radius 3 is 2.82 bits per heavy atom. The summed E-state index contributed by atoms with van der Waals surface area (Å²) in [7, 11) is 1.82. The fourth-order valence-corrected chi connectivity index (χ4v) is 2.44. The van der Waals surface area contributed by atoms with Crippen LogP contribution in [-0.4, -0.2) is 19.9 Å². The van der Waals surface area contributed by atoms with Crippen molar-refractivity contribution in [3.63, 3.8) is 0 Å². The maximum Gasteiger partial charge on any atom is 0.122 e. The van der Waals surface area contributed by atoms with Gasteiger partial charge in [0.15, 0.2) is 0 Å². The lowest BCUT2D eigenvalue weighted by Gasteiger charge is -2.15. The molecule has 0 aliphatic rings. The highest BCUT2D eigenvalue weighted by Gasteiger charge is 2.20. The van der Waals surface area contributed by atoms with Gasteiger partial charge in [0.2, 0.25) is 0 Å². The monoisotopic (exact) mass is 295 g/mol. The predicted octanol–water partition coefficient (Wildman–Crippen LogP) is 2.22. The van der Waals surface area contributed by atoms with E-state index in [9.17, 15) is 5.11 Å². The number of nitrogens with zero attached hydrogens (tertiary/aromatic N) is 3. The first-order valence-electron chi connectivity index (χ1n) is 5.43. The van der Waals surface area contributed by atoms with Gasteiger partial charge in [0.1, 0.15) is 6.10 Å². The second-order valence-electron chi connectivity index (χ2n) is 3.83. The summed E-state index contributed by atoms with van der Waals surface area (Å²) in [5, 5.41) is 14.5. The van der Waals surface area contributed by atoms with Crippen LogP contribution in [0.2, 0.25) is 0 Å². The third-order valence-corrected chi connectivity index (χ3v) is 3.42. The molecule has 0 spiro atoms. The molecule has 17 heavy (non-hydrogen) atoms. The summed E-state index contributed by atoms with van der Waals surface area (Å²) in [5.41, 5.74) is 2.69. The Bertz CT molecular complexity index is 505. The second kappa shape index (κ2) is 4.98. The summed E-state index contributed by atoms with van der Waals surface area (Å²) in [5.74, 6) is 0. The predicted molar refractivity (Wildman–Crippen MR) is 68.6 cm³/mol. The number of pyridine rings is 1. The van der Waals surface area contributed by atoms with E-state index < -0.39 is 6.10 Å². The molecule has 1 atom stereocenters. The minimum Gasteiger partial charge on any atom is -0.382 e. The Morgan fingerprint density at radius 2 is 2.24 bits per heavy atom. The van der Waals surface area contributed by atoms with E-state index in [4.69, 9.17) is 0 Å². The molecule has 0 aromatic carbocycles. The molecule has 0 bridgehead atoms. The molecule has 2 aromatic rings. The van der Waals surface area contributed by atoms with Crippen molar-refractivity contribution in [2.45, 2.75) is 19.4 Å². The zero-order chi connectivity index (χ0) is 12.4. The lowest BCUT2D eigenvalue weighted by atomic mass is 10.0. The van der Waals surface area contributed by atoms with E-state index in [1.54, 1.807) is 23.3 Å². The first-order valence-corrected chi connectivity index (χ1v) is 6.22. The molecule has 1 N–H and O–H groups in total. The summed E-state index contributed by atoms with van der Waals surface area (Å²) in [6.07, 6.45) is 5.33. The van der Waals surface area contributed by atoms with Gasteiger partial charge in [0, 0.05) is 19.4 Å². The minimum atomic E-state index is -0.685.